The number of hydrogen-bond donors (Lipinski definition) is 1. The van der Waals surface area contributed by atoms with E-state index in [-0.39, 0.29) is 11.9 Å². The molecule has 2 aromatic heterocycles. The van der Waals surface area contributed by atoms with Gasteiger partial charge in [-0.2, -0.15) is 5.10 Å². The van der Waals surface area contributed by atoms with Crippen molar-refractivity contribution in [2.75, 3.05) is 13.1 Å². The predicted molar refractivity (Wildman–Crippen MR) is 99.8 cm³/mol. The Bertz CT molecular complexity index is 883. The van der Waals surface area contributed by atoms with Crippen LogP contribution in [0.2, 0.25) is 0 Å². The van der Waals surface area contributed by atoms with Crippen molar-refractivity contribution < 1.29 is 4.79 Å². The van der Waals surface area contributed by atoms with Crippen molar-refractivity contribution in [1.29, 1.82) is 0 Å². The van der Waals surface area contributed by atoms with Crippen molar-refractivity contribution in [1.82, 2.24) is 24.6 Å². The van der Waals surface area contributed by atoms with E-state index in [1.807, 2.05) is 47.6 Å². The summed E-state index contributed by atoms with van der Waals surface area (Å²) in [5, 5.41) is 7.11. The van der Waals surface area contributed by atoms with Gasteiger partial charge in [0.1, 0.15) is 5.82 Å². The molecule has 1 amide bonds. The first kappa shape index (κ1) is 16.6. The summed E-state index contributed by atoms with van der Waals surface area (Å²) in [6.45, 7) is 3.61. The number of likely N-dealkylation sites (tertiary alicyclic amines) is 1. The Balaban J connectivity index is 1.57. The van der Waals surface area contributed by atoms with Crippen LogP contribution in [0.15, 0.2) is 48.9 Å². The number of amides is 1. The monoisotopic (exact) mass is 349 g/mol. The molecule has 1 atom stereocenters. The van der Waals surface area contributed by atoms with E-state index < -0.39 is 0 Å². The topological polar surface area (TPSA) is 66.8 Å². The summed E-state index contributed by atoms with van der Waals surface area (Å²) >= 11 is 0. The molecule has 0 spiro atoms. The molecule has 134 valence electrons. The smallest absolute Gasteiger partial charge is 0.257 e. The number of carbonyl (C=O) groups is 1. The van der Waals surface area contributed by atoms with E-state index in [9.17, 15) is 4.79 Å². The fraction of sp³-hybridized carbons (Fsp3) is 0.350. The normalized spacial score (nSPS) is 17.4. The lowest BCUT2D eigenvalue weighted by Crippen LogP contribution is -2.41. The Morgan fingerprint density at radius 3 is 2.96 bits per heavy atom. The number of benzene rings is 1. The fourth-order valence-electron chi connectivity index (χ4n) is 3.76. The highest BCUT2D eigenvalue weighted by molar-refractivity contribution is 5.99. The van der Waals surface area contributed by atoms with Gasteiger partial charge in [0.2, 0.25) is 0 Å². The Kier molecular flexibility index (Phi) is 4.56. The van der Waals surface area contributed by atoms with E-state index >= 15 is 0 Å². The van der Waals surface area contributed by atoms with Gasteiger partial charge in [0.25, 0.3) is 5.91 Å². The Morgan fingerprint density at radius 1 is 1.31 bits per heavy atom. The number of aryl methyl sites for hydroxylation is 1. The zero-order valence-corrected chi connectivity index (χ0v) is 14.9. The summed E-state index contributed by atoms with van der Waals surface area (Å²) in [5.74, 6) is 1.12. The number of aromatic nitrogens is 4. The quantitative estimate of drug-likeness (QED) is 0.786. The number of nitrogens with one attached hydrogen (secondary N) is 1. The minimum atomic E-state index is 0.0421. The van der Waals surface area contributed by atoms with Gasteiger partial charge < -0.3 is 9.47 Å². The van der Waals surface area contributed by atoms with Gasteiger partial charge in [-0.1, -0.05) is 37.3 Å². The maximum atomic E-state index is 13.2. The lowest BCUT2D eigenvalue weighted by atomic mass is 10.0. The first-order valence-electron chi connectivity index (χ1n) is 9.17. The molecule has 0 bridgehead atoms. The third-order valence-corrected chi connectivity index (χ3v) is 5.07. The first-order valence-corrected chi connectivity index (χ1v) is 9.17. The second-order valence-electron chi connectivity index (χ2n) is 6.68. The molecule has 0 aliphatic carbocycles. The summed E-state index contributed by atoms with van der Waals surface area (Å²) < 4.78 is 2.23. The molecule has 1 aromatic carbocycles. The maximum absolute atomic E-state index is 13.2. The summed E-state index contributed by atoms with van der Waals surface area (Å²) in [6, 6.07) is 10.2. The molecule has 6 nitrogen and oxygen atoms in total. The van der Waals surface area contributed by atoms with Crippen LogP contribution < -0.4 is 0 Å². The number of aromatic amines is 1. The molecule has 1 fully saturated rings. The first-order chi connectivity index (χ1) is 12.8. The van der Waals surface area contributed by atoms with Crippen molar-refractivity contribution in [2.24, 2.45) is 0 Å². The highest BCUT2D eigenvalue weighted by Gasteiger charge is 2.28. The molecular formula is C20H23N5O. The lowest BCUT2D eigenvalue weighted by Gasteiger charge is -2.34. The predicted octanol–water partition coefficient (Wildman–Crippen LogP) is 3.31. The summed E-state index contributed by atoms with van der Waals surface area (Å²) in [5.41, 5.74) is 2.40. The van der Waals surface area contributed by atoms with Crippen molar-refractivity contribution in [3.63, 3.8) is 0 Å². The van der Waals surface area contributed by atoms with Crippen LogP contribution in [0.4, 0.5) is 0 Å². The summed E-state index contributed by atoms with van der Waals surface area (Å²) in [4.78, 5) is 19.5. The minimum absolute atomic E-state index is 0.0421. The molecule has 1 aliphatic rings. The number of H-pyrrole nitrogens is 1. The second kappa shape index (κ2) is 7.15. The van der Waals surface area contributed by atoms with Crippen LogP contribution >= 0.6 is 0 Å². The maximum Gasteiger partial charge on any atom is 0.257 e. The fourth-order valence-corrected chi connectivity index (χ4v) is 3.76. The Labute approximate surface area is 152 Å². The van der Waals surface area contributed by atoms with E-state index in [1.54, 1.807) is 6.20 Å². The molecule has 3 aromatic rings. The van der Waals surface area contributed by atoms with Crippen molar-refractivity contribution in [3.8, 4) is 11.3 Å². The number of hydrogen-bond acceptors (Lipinski definition) is 3. The van der Waals surface area contributed by atoms with Crippen LogP contribution in [0, 0.1) is 0 Å². The lowest BCUT2D eigenvalue weighted by molar-refractivity contribution is 0.0679. The number of nitrogens with zero attached hydrogens (tertiary/aromatic N) is 4. The van der Waals surface area contributed by atoms with Crippen LogP contribution in [-0.2, 0) is 6.42 Å². The van der Waals surface area contributed by atoms with Gasteiger partial charge >= 0.3 is 0 Å². The van der Waals surface area contributed by atoms with Crippen LogP contribution in [0.25, 0.3) is 11.3 Å². The highest BCUT2D eigenvalue weighted by atomic mass is 16.2. The standard InChI is InChI=1S/C20H23N5O/c1-2-18-21-10-12-25(18)16-9-6-11-24(14-16)20(26)17-13-22-23-19(17)15-7-4-3-5-8-15/h3-5,7-8,10,12-13,16H,2,6,9,11,14H2,1H3,(H,22,23). The molecule has 6 heteroatoms. The number of rotatable bonds is 4. The molecule has 26 heavy (non-hydrogen) atoms. The van der Waals surface area contributed by atoms with Gasteiger partial charge in [0.15, 0.2) is 0 Å². The molecule has 1 N–H and O–H groups in total. The van der Waals surface area contributed by atoms with Crippen molar-refractivity contribution >= 4 is 5.91 Å². The second-order valence-corrected chi connectivity index (χ2v) is 6.68. The highest BCUT2D eigenvalue weighted by Crippen LogP contribution is 2.27. The number of carbonyl (C=O) groups excluding carboxylic acids is 1. The molecule has 0 radical (unpaired) electrons. The number of piperidine rings is 1. The molecule has 1 unspecified atom stereocenters. The molecule has 0 saturated carbocycles. The summed E-state index contributed by atoms with van der Waals surface area (Å²) in [6.07, 6.45) is 8.49. The van der Waals surface area contributed by atoms with E-state index in [1.165, 1.54) is 0 Å². The molecule has 3 heterocycles. The van der Waals surface area contributed by atoms with Gasteiger partial charge in [-0.15, -0.1) is 0 Å². The SMILES string of the molecule is CCc1nccn1C1CCCN(C(=O)c2cn[nH]c2-c2ccccc2)C1. The van der Waals surface area contributed by atoms with Crippen LogP contribution in [0.3, 0.4) is 0 Å². The van der Waals surface area contributed by atoms with Gasteiger partial charge in [-0.25, -0.2) is 4.98 Å². The van der Waals surface area contributed by atoms with Crippen molar-refractivity contribution in [2.45, 2.75) is 32.2 Å². The zero-order valence-electron chi connectivity index (χ0n) is 14.9. The molecule has 1 aliphatic heterocycles. The van der Waals surface area contributed by atoms with Gasteiger partial charge in [0.05, 0.1) is 23.5 Å². The Morgan fingerprint density at radius 2 is 2.15 bits per heavy atom. The Hall–Kier alpha value is -2.89. The van der Waals surface area contributed by atoms with E-state index in [0.29, 0.717) is 12.1 Å². The van der Waals surface area contributed by atoms with E-state index in [0.717, 1.165) is 42.9 Å². The van der Waals surface area contributed by atoms with Gasteiger partial charge in [0, 0.05) is 37.5 Å². The van der Waals surface area contributed by atoms with E-state index in [4.69, 9.17) is 0 Å². The minimum Gasteiger partial charge on any atom is -0.336 e. The van der Waals surface area contributed by atoms with Crippen LogP contribution in [0.1, 0.15) is 42.0 Å². The number of imidazole rings is 1. The average molecular weight is 349 g/mol. The van der Waals surface area contributed by atoms with Crippen molar-refractivity contribution in [3.05, 3.63) is 60.3 Å². The van der Waals surface area contributed by atoms with Crippen LogP contribution in [-0.4, -0.2) is 43.6 Å². The third kappa shape index (κ3) is 3.03. The van der Waals surface area contributed by atoms with Gasteiger partial charge in [-0.05, 0) is 12.8 Å². The van der Waals surface area contributed by atoms with Crippen LogP contribution in [0.5, 0.6) is 0 Å². The summed E-state index contributed by atoms with van der Waals surface area (Å²) in [7, 11) is 0. The third-order valence-electron chi connectivity index (χ3n) is 5.07. The largest absolute Gasteiger partial charge is 0.336 e. The average Bonchev–Trinajstić information content (AvgIpc) is 3.37. The zero-order chi connectivity index (χ0) is 17.9. The molecule has 1 saturated heterocycles. The molecule has 4 rings (SSSR count). The van der Waals surface area contributed by atoms with Gasteiger partial charge in [-0.3, -0.25) is 9.89 Å². The molecular weight excluding hydrogens is 326 g/mol. The van der Waals surface area contributed by atoms with E-state index in [2.05, 4.69) is 26.7 Å².